The summed E-state index contributed by atoms with van der Waals surface area (Å²) in [5.74, 6) is -4.35. The molecule has 33 heavy (non-hydrogen) atoms. The third-order valence-corrected chi connectivity index (χ3v) is 6.76. The second-order valence-electron chi connectivity index (χ2n) is 6.84. The van der Waals surface area contributed by atoms with Gasteiger partial charge in [0.15, 0.2) is 17.1 Å². The molecule has 1 amide bonds. The van der Waals surface area contributed by atoms with Gasteiger partial charge in [0.05, 0.1) is 21.0 Å². The van der Waals surface area contributed by atoms with Gasteiger partial charge in [-0.15, -0.1) is 0 Å². The average Bonchev–Trinajstić information content (AvgIpc) is 2.75. The number of anilines is 1. The fourth-order valence-corrected chi connectivity index (χ4v) is 4.77. The first-order valence-electron chi connectivity index (χ1n) is 9.21. The summed E-state index contributed by atoms with van der Waals surface area (Å²) in [5, 5.41) is 2.25. The fraction of sp³-hybridized carbons (Fsp3) is 0. The van der Waals surface area contributed by atoms with E-state index in [1.165, 1.54) is 30.3 Å². The summed E-state index contributed by atoms with van der Waals surface area (Å²) in [7, 11) is -4.46. The summed E-state index contributed by atoms with van der Waals surface area (Å²) >= 11 is 5.90. The Hall–Kier alpha value is -3.63. The number of benzene rings is 3. The predicted octanol–water partition coefficient (Wildman–Crippen LogP) is 4.56. The number of pyridine rings is 1. The molecule has 0 fully saturated rings. The van der Waals surface area contributed by atoms with Crippen molar-refractivity contribution >= 4 is 44.1 Å². The van der Waals surface area contributed by atoms with Gasteiger partial charge in [0.1, 0.15) is 5.82 Å². The van der Waals surface area contributed by atoms with E-state index in [-0.39, 0.29) is 21.6 Å². The summed E-state index contributed by atoms with van der Waals surface area (Å²) in [5.41, 5.74) is -1.05. The van der Waals surface area contributed by atoms with E-state index in [0.29, 0.717) is 16.1 Å². The lowest BCUT2D eigenvalue weighted by molar-refractivity contribution is 0.102. The second kappa shape index (κ2) is 8.38. The SMILES string of the molecule is O=C(Nc1ccc2c(=O)ccn(S(=O)(=O)c3ccc(F)c(F)c3)c2c1)c1c(F)cccc1Cl. The van der Waals surface area contributed by atoms with Gasteiger partial charge in [-0.3, -0.25) is 9.59 Å². The van der Waals surface area contributed by atoms with Gasteiger partial charge in [0.2, 0.25) is 0 Å². The molecule has 11 heteroatoms. The number of nitrogens with zero attached hydrogens (tertiary/aromatic N) is 1. The van der Waals surface area contributed by atoms with Crippen LogP contribution in [0.1, 0.15) is 10.4 Å². The maximum absolute atomic E-state index is 14.1. The molecule has 168 valence electrons. The minimum Gasteiger partial charge on any atom is -0.322 e. The van der Waals surface area contributed by atoms with Crippen LogP contribution in [0.2, 0.25) is 5.02 Å². The number of nitrogens with one attached hydrogen (secondary N) is 1. The van der Waals surface area contributed by atoms with E-state index in [1.807, 2.05) is 0 Å². The first-order valence-corrected chi connectivity index (χ1v) is 11.0. The molecule has 0 aliphatic heterocycles. The number of amides is 1. The van der Waals surface area contributed by atoms with E-state index in [4.69, 9.17) is 11.6 Å². The van der Waals surface area contributed by atoms with Gasteiger partial charge in [0, 0.05) is 23.3 Å². The molecular formula is C22H12ClF3N2O4S. The quantitative estimate of drug-likeness (QED) is 0.452. The summed E-state index contributed by atoms with van der Waals surface area (Å²) in [6.07, 6.45) is 0.959. The minimum atomic E-state index is -4.46. The highest BCUT2D eigenvalue weighted by atomic mass is 35.5. The molecule has 0 aliphatic rings. The molecular weight excluding hydrogens is 481 g/mol. The lowest BCUT2D eigenvalue weighted by Crippen LogP contribution is -2.18. The molecule has 1 N–H and O–H groups in total. The van der Waals surface area contributed by atoms with Crippen LogP contribution in [-0.2, 0) is 10.0 Å². The number of rotatable bonds is 4. The molecule has 0 spiro atoms. The molecule has 1 aromatic heterocycles. The third kappa shape index (κ3) is 4.10. The van der Waals surface area contributed by atoms with Crippen molar-refractivity contribution in [2.45, 2.75) is 4.90 Å². The minimum absolute atomic E-state index is 0.0226. The Bertz CT molecular complexity index is 1580. The maximum Gasteiger partial charge on any atom is 0.268 e. The van der Waals surface area contributed by atoms with Crippen LogP contribution in [0, 0.1) is 17.5 Å². The van der Waals surface area contributed by atoms with Gasteiger partial charge in [-0.2, -0.15) is 0 Å². The Morgan fingerprint density at radius 2 is 1.67 bits per heavy atom. The van der Waals surface area contributed by atoms with Crippen molar-refractivity contribution in [1.82, 2.24) is 3.97 Å². The Morgan fingerprint density at radius 3 is 2.36 bits per heavy atom. The summed E-state index contributed by atoms with van der Waals surface area (Å²) in [6, 6.07) is 10.5. The number of halogens is 4. The van der Waals surface area contributed by atoms with Gasteiger partial charge in [0.25, 0.3) is 15.9 Å². The molecule has 1 heterocycles. The van der Waals surface area contributed by atoms with Crippen LogP contribution < -0.4 is 10.7 Å². The summed E-state index contributed by atoms with van der Waals surface area (Å²) < 4.78 is 67.8. The van der Waals surface area contributed by atoms with E-state index in [9.17, 15) is 31.2 Å². The largest absolute Gasteiger partial charge is 0.322 e. The van der Waals surface area contributed by atoms with Gasteiger partial charge < -0.3 is 5.32 Å². The molecule has 4 rings (SSSR count). The Kier molecular flexibility index (Phi) is 5.73. The molecule has 6 nitrogen and oxygen atoms in total. The van der Waals surface area contributed by atoms with Crippen LogP contribution in [0.5, 0.6) is 0 Å². The third-order valence-electron chi connectivity index (χ3n) is 4.76. The molecule has 0 aliphatic carbocycles. The molecule has 3 aromatic carbocycles. The van der Waals surface area contributed by atoms with Gasteiger partial charge in [-0.05, 0) is 48.5 Å². The zero-order valence-corrected chi connectivity index (χ0v) is 17.9. The molecule has 0 atom stereocenters. The van der Waals surface area contributed by atoms with Crippen LogP contribution in [0.4, 0.5) is 18.9 Å². The number of hydrogen-bond donors (Lipinski definition) is 1. The van der Waals surface area contributed by atoms with Crippen molar-refractivity contribution in [2.75, 3.05) is 5.32 Å². The Balaban J connectivity index is 1.84. The van der Waals surface area contributed by atoms with Crippen molar-refractivity contribution in [3.63, 3.8) is 0 Å². The van der Waals surface area contributed by atoms with Crippen molar-refractivity contribution in [1.29, 1.82) is 0 Å². The first kappa shape index (κ1) is 22.6. The van der Waals surface area contributed by atoms with E-state index in [2.05, 4.69) is 5.32 Å². The van der Waals surface area contributed by atoms with Crippen molar-refractivity contribution < 1.29 is 26.4 Å². The van der Waals surface area contributed by atoms with Crippen LogP contribution >= 0.6 is 11.6 Å². The zero-order valence-electron chi connectivity index (χ0n) is 16.4. The van der Waals surface area contributed by atoms with E-state index >= 15 is 0 Å². The van der Waals surface area contributed by atoms with Gasteiger partial charge >= 0.3 is 0 Å². The lowest BCUT2D eigenvalue weighted by atomic mass is 10.1. The van der Waals surface area contributed by atoms with E-state index < -0.39 is 49.3 Å². The highest BCUT2D eigenvalue weighted by Gasteiger charge is 2.22. The number of hydrogen-bond acceptors (Lipinski definition) is 4. The smallest absolute Gasteiger partial charge is 0.268 e. The molecule has 0 unspecified atom stereocenters. The normalized spacial score (nSPS) is 11.5. The Labute approximate surface area is 189 Å². The molecule has 0 saturated carbocycles. The van der Waals surface area contributed by atoms with Gasteiger partial charge in [-0.25, -0.2) is 25.6 Å². The maximum atomic E-state index is 14.1. The Morgan fingerprint density at radius 1 is 0.909 bits per heavy atom. The monoisotopic (exact) mass is 492 g/mol. The highest BCUT2D eigenvalue weighted by Crippen LogP contribution is 2.25. The topological polar surface area (TPSA) is 85.2 Å². The number of carbonyl (C=O) groups is 1. The van der Waals surface area contributed by atoms with E-state index in [1.54, 1.807) is 0 Å². The zero-order chi connectivity index (χ0) is 23.9. The molecule has 4 aromatic rings. The van der Waals surface area contributed by atoms with Crippen LogP contribution in [0.15, 0.2) is 76.6 Å². The predicted molar refractivity (Wildman–Crippen MR) is 117 cm³/mol. The molecule has 0 saturated heterocycles. The van der Waals surface area contributed by atoms with Crippen LogP contribution in [0.3, 0.4) is 0 Å². The molecule has 0 radical (unpaired) electrons. The number of aromatic nitrogens is 1. The second-order valence-corrected chi connectivity index (χ2v) is 9.06. The average molecular weight is 493 g/mol. The first-order chi connectivity index (χ1) is 15.6. The van der Waals surface area contributed by atoms with Crippen molar-refractivity contribution in [3.8, 4) is 0 Å². The molecule has 0 bridgehead atoms. The number of carbonyl (C=O) groups excluding carboxylic acids is 1. The van der Waals surface area contributed by atoms with Crippen molar-refractivity contribution in [3.05, 3.63) is 105 Å². The van der Waals surface area contributed by atoms with Crippen molar-refractivity contribution in [2.24, 2.45) is 0 Å². The van der Waals surface area contributed by atoms with E-state index in [0.717, 1.165) is 24.4 Å². The highest BCUT2D eigenvalue weighted by molar-refractivity contribution is 7.90. The van der Waals surface area contributed by atoms with Crippen LogP contribution in [-0.4, -0.2) is 18.3 Å². The number of fused-ring (bicyclic) bond motifs is 1. The standard InChI is InChI=1S/C22H12ClF3N2O4S/c23-15-2-1-3-17(25)21(15)22(30)27-12-4-6-14-19(10-12)28(9-8-20(14)29)33(31,32)13-5-7-16(24)18(26)11-13/h1-11H,(H,27,30). The van der Waals surface area contributed by atoms with Crippen LogP contribution in [0.25, 0.3) is 10.9 Å². The lowest BCUT2D eigenvalue weighted by Gasteiger charge is -2.14. The van der Waals surface area contributed by atoms with Gasteiger partial charge in [-0.1, -0.05) is 17.7 Å². The summed E-state index contributed by atoms with van der Waals surface area (Å²) in [6.45, 7) is 0. The fourth-order valence-electron chi connectivity index (χ4n) is 3.17. The summed E-state index contributed by atoms with van der Waals surface area (Å²) in [4.78, 5) is 24.2.